The molecule has 1 amide bonds. The highest BCUT2D eigenvalue weighted by Gasteiger charge is 2.42. The predicted octanol–water partition coefficient (Wildman–Crippen LogP) is -0.154. The largest absolute Gasteiger partial charge is 0.396 e. The van der Waals surface area contributed by atoms with Crippen molar-refractivity contribution < 1.29 is 20.1 Å². The van der Waals surface area contributed by atoms with Crippen molar-refractivity contribution >= 4 is 17.2 Å². The molecule has 0 unspecified atom stereocenters. The number of aliphatic hydroxyl groups is 3. The first-order chi connectivity index (χ1) is 9.47. The van der Waals surface area contributed by atoms with Gasteiger partial charge in [-0.3, -0.25) is 4.79 Å². The summed E-state index contributed by atoms with van der Waals surface area (Å²) in [5.41, 5.74) is 0.677. The molecule has 0 aliphatic heterocycles. The smallest absolute Gasteiger partial charge is 0.263 e. The molecule has 1 aliphatic carbocycles. The molecule has 1 aromatic heterocycles. The van der Waals surface area contributed by atoms with Gasteiger partial charge in [-0.25, -0.2) is 4.98 Å². The van der Waals surface area contributed by atoms with Crippen molar-refractivity contribution in [3.05, 3.63) is 15.6 Å². The first-order valence-corrected chi connectivity index (χ1v) is 7.53. The van der Waals surface area contributed by atoms with E-state index in [0.29, 0.717) is 17.0 Å². The highest BCUT2D eigenvalue weighted by atomic mass is 32.1. The fourth-order valence-electron chi connectivity index (χ4n) is 2.50. The summed E-state index contributed by atoms with van der Waals surface area (Å²) in [5.74, 6) is -0.682. The molecule has 1 heterocycles. The van der Waals surface area contributed by atoms with Gasteiger partial charge in [-0.1, -0.05) is 6.92 Å². The van der Waals surface area contributed by atoms with Gasteiger partial charge < -0.3 is 20.6 Å². The van der Waals surface area contributed by atoms with Crippen LogP contribution >= 0.6 is 11.3 Å². The van der Waals surface area contributed by atoms with Crippen molar-refractivity contribution in [3.63, 3.8) is 0 Å². The summed E-state index contributed by atoms with van der Waals surface area (Å²) in [7, 11) is 0. The van der Waals surface area contributed by atoms with Crippen LogP contribution in [0.25, 0.3) is 0 Å². The van der Waals surface area contributed by atoms with Crippen LogP contribution in [-0.2, 0) is 6.42 Å². The van der Waals surface area contributed by atoms with E-state index in [-0.39, 0.29) is 12.5 Å². The summed E-state index contributed by atoms with van der Waals surface area (Å²) in [6.45, 7) is 3.55. The van der Waals surface area contributed by atoms with Crippen LogP contribution in [0.1, 0.15) is 33.7 Å². The van der Waals surface area contributed by atoms with Gasteiger partial charge in [0.15, 0.2) is 0 Å². The number of nitrogens with one attached hydrogen (secondary N) is 1. The molecular weight excluding hydrogens is 280 g/mol. The normalized spacial score (nSPS) is 29.6. The van der Waals surface area contributed by atoms with Crippen molar-refractivity contribution in [2.24, 2.45) is 5.92 Å². The van der Waals surface area contributed by atoms with Gasteiger partial charge in [-0.2, -0.15) is 0 Å². The van der Waals surface area contributed by atoms with Crippen molar-refractivity contribution in [2.45, 2.75) is 44.9 Å². The molecular formula is C13H20N2O4S. The summed E-state index contributed by atoms with van der Waals surface area (Å²) in [5, 5.41) is 32.4. The van der Waals surface area contributed by atoms with Crippen molar-refractivity contribution in [2.75, 3.05) is 6.61 Å². The molecule has 20 heavy (non-hydrogen) atoms. The minimum absolute atomic E-state index is 0.204. The van der Waals surface area contributed by atoms with E-state index in [1.54, 1.807) is 6.92 Å². The summed E-state index contributed by atoms with van der Waals surface area (Å²) in [6.07, 6.45) is -0.909. The van der Waals surface area contributed by atoms with E-state index in [9.17, 15) is 15.0 Å². The Bertz CT molecular complexity index is 491. The van der Waals surface area contributed by atoms with Crippen molar-refractivity contribution in [1.82, 2.24) is 10.3 Å². The Labute approximate surface area is 121 Å². The monoisotopic (exact) mass is 300 g/mol. The molecule has 2 rings (SSSR count). The topological polar surface area (TPSA) is 103 Å². The average molecular weight is 300 g/mol. The number of aliphatic hydroxyl groups excluding tert-OH is 3. The number of hydrogen-bond acceptors (Lipinski definition) is 6. The van der Waals surface area contributed by atoms with E-state index >= 15 is 0 Å². The molecule has 0 aromatic carbocycles. The molecule has 112 valence electrons. The van der Waals surface area contributed by atoms with Crippen LogP contribution in [0.3, 0.4) is 0 Å². The molecule has 1 aliphatic rings. The van der Waals surface area contributed by atoms with Gasteiger partial charge in [0.1, 0.15) is 11.0 Å². The van der Waals surface area contributed by atoms with Gasteiger partial charge in [-0.15, -0.1) is 11.3 Å². The Kier molecular flexibility index (Phi) is 4.74. The first-order valence-electron chi connectivity index (χ1n) is 6.72. The number of thiazole rings is 1. The Morgan fingerprint density at radius 1 is 1.45 bits per heavy atom. The Hall–Kier alpha value is -1.02. The maximum Gasteiger partial charge on any atom is 0.263 e. The second-order valence-corrected chi connectivity index (χ2v) is 6.20. The highest BCUT2D eigenvalue weighted by Crippen LogP contribution is 2.27. The summed E-state index contributed by atoms with van der Waals surface area (Å²) < 4.78 is 0. The van der Waals surface area contributed by atoms with Crippen LogP contribution in [0.5, 0.6) is 0 Å². The van der Waals surface area contributed by atoms with Crippen LogP contribution in [0.2, 0.25) is 0 Å². The maximum atomic E-state index is 12.2. The number of carbonyl (C=O) groups is 1. The lowest BCUT2D eigenvalue weighted by Gasteiger charge is -2.17. The number of hydrogen-bond donors (Lipinski definition) is 4. The molecule has 0 bridgehead atoms. The van der Waals surface area contributed by atoms with E-state index < -0.39 is 24.2 Å². The second kappa shape index (κ2) is 6.17. The van der Waals surface area contributed by atoms with Gasteiger partial charge in [0, 0.05) is 12.5 Å². The van der Waals surface area contributed by atoms with Gasteiger partial charge in [0.25, 0.3) is 5.91 Å². The Morgan fingerprint density at radius 3 is 2.65 bits per heavy atom. The Balaban J connectivity index is 2.06. The van der Waals surface area contributed by atoms with Crippen LogP contribution in [0.4, 0.5) is 0 Å². The third-order valence-electron chi connectivity index (χ3n) is 3.70. The molecule has 0 radical (unpaired) electrons. The van der Waals surface area contributed by atoms with Gasteiger partial charge in [0.05, 0.1) is 22.8 Å². The fourth-order valence-corrected chi connectivity index (χ4v) is 3.40. The highest BCUT2D eigenvalue weighted by molar-refractivity contribution is 7.13. The van der Waals surface area contributed by atoms with Crippen molar-refractivity contribution in [1.29, 1.82) is 0 Å². The van der Waals surface area contributed by atoms with Gasteiger partial charge >= 0.3 is 0 Å². The van der Waals surface area contributed by atoms with Crippen molar-refractivity contribution in [3.8, 4) is 0 Å². The number of aryl methyl sites for hydroxylation is 2. The summed E-state index contributed by atoms with van der Waals surface area (Å²) in [6, 6.07) is -0.541. The number of aromatic nitrogens is 1. The summed E-state index contributed by atoms with van der Waals surface area (Å²) >= 11 is 1.34. The first kappa shape index (κ1) is 15.4. The second-order valence-electron chi connectivity index (χ2n) is 5.12. The number of amides is 1. The van der Waals surface area contributed by atoms with Gasteiger partial charge in [-0.05, 0) is 19.8 Å². The molecule has 0 spiro atoms. The Morgan fingerprint density at radius 2 is 2.15 bits per heavy atom. The van der Waals surface area contributed by atoms with Crippen LogP contribution in [0, 0.1) is 12.8 Å². The lowest BCUT2D eigenvalue weighted by molar-refractivity contribution is 0.000150. The van der Waals surface area contributed by atoms with Crippen LogP contribution in [-0.4, -0.2) is 51.1 Å². The van der Waals surface area contributed by atoms with E-state index in [1.807, 2.05) is 6.92 Å². The predicted molar refractivity (Wildman–Crippen MR) is 74.7 cm³/mol. The average Bonchev–Trinajstić information content (AvgIpc) is 2.93. The molecule has 0 saturated heterocycles. The zero-order chi connectivity index (χ0) is 14.9. The number of rotatable bonds is 4. The molecule has 7 heteroatoms. The quantitative estimate of drug-likeness (QED) is 0.619. The zero-order valence-corrected chi connectivity index (χ0v) is 12.4. The SMILES string of the molecule is CCc1nc(C)c(C(=O)N[C@@H]2C[C@H](CO)[C@@H](O)[C@H]2O)s1. The van der Waals surface area contributed by atoms with E-state index in [4.69, 9.17) is 5.11 Å². The lowest BCUT2D eigenvalue weighted by atomic mass is 10.1. The third kappa shape index (κ3) is 2.85. The van der Waals surface area contributed by atoms with Crippen LogP contribution in [0.15, 0.2) is 0 Å². The molecule has 4 N–H and O–H groups in total. The molecule has 1 saturated carbocycles. The third-order valence-corrected chi connectivity index (χ3v) is 5.00. The van der Waals surface area contributed by atoms with Crippen LogP contribution < -0.4 is 5.32 Å². The molecule has 6 nitrogen and oxygen atoms in total. The van der Waals surface area contributed by atoms with E-state index in [0.717, 1.165) is 11.4 Å². The molecule has 1 aromatic rings. The standard InChI is InChI=1S/C13H20N2O4S/c1-3-9-14-6(2)12(20-9)13(19)15-8-4-7(5-16)10(17)11(8)18/h7-8,10-11,16-18H,3-5H2,1-2H3,(H,15,19)/t7-,8-,10-,11+/m1/s1. The van der Waals surface area contributed by atoms with E-state index in [2.05, 4.69) is 10.3 Å². The number of carbonyl (C=O) groups excluding carboxylic acids is 1. The van der Waals surface area contributed by atoms with Gasteiger partial charge in [0.2, 0.25) is 0 Å². The lowest BCUT2D eigenvalue weighted by Crippen LogP contribution is -2.43. The molecule has 1 fully saturated rings. The fraction of sp³-hybridized carbons (Fsp3) is 0.692. The minimum atomic E-state index is -1.05. The number of nitrogens with zero attached hydrogens (tertiary/aromatic N) is 1. The minimum Gasteiger partial charge on any atom is -0.396 e. The summed E-state index contributed by atoms with van der Waals surface area (Å²) in [4.78, 5) is 17.0. The maximum absolute atomic E-state index is 12.2. The molecule has 4 atom stereocenters. The van der Waals surface area contributed by atoms with E-state index in [1.165, 1.54) is 11.3 Å². The zero-order valence-electron chi connectivity index (χ0n) is 11.5.